The quantitative estimate of drug-likeness (QED) is 0.798. The lowest BCUT2D eigenvalue weighted by atomic mass is 10.0. The first-order valence-corrected chi connectivity index (χ1v) is 6.20. The number of nitrogens with one attached hydrogen (secondary N) is 1. The first-order chi connectivity index (χ1) is 8.08. The molecule has 96 valence electrons. The summed E-state index contributed by atoms with van der Waals surface area (Å²) in [6.07, 6.45) is 0.589. The highest BCUT2D eigenvalue weighted by atomic mass is 16.5. The van der Waals surface area contributed by atoms with Gasteiger partial charge in [-0.25, -0.2) is 0 Å². The average molecular weight is 237 g/mol. The van der Waals surface area contributed by atoms with E-state index in [1.165, 1.54) is 0 Å². The summed E-state index contributed by atoms with van der Waals surface area (Å²) in [5.41, 5.74) is 0.919. The smallest absolute Gasteiger partial charge is 0.119 e. The zero-order valence-corrected chi connectivity index (χ0v) is 11.1. The van der Waals surface area contributed by atoms with Crippen molar-refractivity contribution in [2.75, 3.05) is 7.05 Å². The molecule has 1 aromatic carbocycles. The Morgan fingerprint density at radius 3 is 2.24 bits per heavy atom. The van der Waals surface area contributed by atoms with Gasteiger partial charge in [-0.05, 0) is 45.0 Å². The Bertz CT molecular complexity index is 317. The molecule has 0 spiro atoms. The number of benzene rings is 1. The number of rotatable bonds is 6. The Labute approximate surface area is 104 Å². The van der Waals surface area contributed by atoms with Crippen LogP contribution in [0.4, 0.5) is 0 Å². The minimum absolute atomic E-state index is 0.0897. The van der Waals surface area contributed by atoms with E-state index in [4.69, 9.17) is 4.74 Å². The first-order valence-electron chi connectivity index (χ1n) is 6.20. The van der Waals surface area contributed by atoms with Gasteiger partial charge in [0, 0.05) is 6.04 Å². The van der Waals surface area contributed by atoms with E-state index in [2.05, 4.69) is 12.2 Å². The summed E-state index contributed by atoms with van der Waals surface area (Å²) < 4.78 is 5.56. The van der Waals surface area contributed by atoms with Gasteiger partial charge in [0.25, 0.3) is 0 Å². The molecule has 0 aliphatic carbocycles. The van der Waals surface area contributed by atoms with Crippen LogP contribution in [0.15, 0.2) is 24.3 Å². The van der Waals surface area contributed by atoms with E-state index in [-0.39, 0.29) is 12.1 Å². The van der Waals surface area contributed by atoms with Gasteiger partial charge in [-0.15, -0.1) is 0 Å². The molecule has 0 aliphatic rings. The Balaban J connectivity index is 2.72. The summed E-state index contributed by atoms with van der Waals surface area (Å²) in [4.78, 5) is 0. The number of likely N-dealkylation sites (N-methyl/N-ethyl adjacent to an activating group) is 1. The molecular weight excluding hydrogens is 214 g/mol. The van der Waals surface area contributed by atoms with Gasteiger partial charge < -0.3 is 15.2 Å². The van der Waals surface area contributed by atoms with Crippen LogP contribution in [0.5, 0.6) is 5.75 Å². The van der Waals surface area contributed by atoms with Crippen LogP contribution >= 0.6 is 0 Å². The zero-order valence-electron chi connectivity index (χ0n) is 11.1. The van der Waals surface area contributed by atoms with Crippen LogP contribution in [0.1, 0.15) is 38.9 Å². The largest absolute Gasteiger partial charge is 0.491 e. The summed E-state index contributed by atoms with van der Waals surface area (Å²) in [5.74, 6) is 0.841. The summed E-state index contributed by atoms with van der Waals surface area (Å²) in [6.45, 7) is 6.05. The second-order valence-electron chi connectivity index (χ2n) is 4.48. The van der Waals surface area contributed by atoms with Crippen LogP contribution in [0.2, 0.25) is 0 Å². The average Bonchev–Trinajstić information content (AvgIpc) is 2.30. The molecule has 0 fully saturated rings. The van der Waals surface area contributed by atoms with Gasteiger partial charge in [-0.2, -0.15) is 0 Å². The SMILES string of the molecule is CCC(NC)C(O)c1ccc(OC(C)C)cc1. The van der Waals surface area contributed by atoms with E-state index in [0.717, 1.165) is 17.7 Å². The Morgan fingerprint density at radius 1 is 1.24 bits per heavy atom. The molecule has 2 N–H and O–H groups in total. The Morgan fingerprint density at radius 2 is 1.82 bits per heavy atom. The van der Waals surface area contributed by atoms with Crippen LogP contribution in [-0.4, -0.2) is 24.3 Å². The van der Waals surface area contributed by atoms with Crippen LogP contribution < -0.4 is 10.1 Å². The highest BCUT2D eigenvalue weighted by Crippen LogP contribution is 2.22. The first kappa shape index (κ1) is 14.0. The van der Waals surface area contributed by atoms with Gasteiger partial charge in [0.1, 0.15) is 5.75 Å². The van der Waals surface area contributed by atoms with Crippen molar-refractivity contribution in [2.24, 2.45) is 0 Å². The molecule has 17 heavy (non-hydrogen) atoms. The molecule has 0 saturated carbocycles. The molecule has 3 heteroatoms. The maximum atomic E-state index is 10.1. The third kappa shape index (κ3) is 4.02. The van der Waals surface area contributed by atoms with E-state index < -0.39 is 6.10 Å². The van der Waals surface area contributed by atoms with Gasteiger partial charge in [0.05, 0.1) is 12.2 Å². The fourth-order valence-electron chi connectivity index (χ4n) is 1.83. The third-order valence-electron chi connectivity index (χ3n) is 2.79. The highest BCUT2D eigenvalue weighted by molar-refractivity contribution is 5.29. The number of aliphatic hydroxyl groups excluding tert-OH is 1. The van der Waals surface area contributed by atoms with E-state index >= 15 is 0 Å². The lowest BCUT2D eigenvalue weighted by molar-refractivity contribution is 0.130. The van der Waals surface area contributed by atoms with Crippen LogP contribution in [0, 0.1) is 0 Å². The van der Waals surface area contributed by atoms with Gasteiger partial charge >= 0.3 is 0 Å². The van der Waals surface area contributed by atoms with Crippen molar-refractivity contribution in [1.82, 2.24) is 5.32 Å². The predicted octanol–water partition coefficient (Wildman–Crippen LogP) is 2.51. The maximum absolute atomic E-state index is 10.1. The van der Waals surface area contributed by atoms with Crippen LogP contribution in [-0.2, 0) is 0 Å². The molecule has 0 heterocycles. The topological polar surface area (TPSA) is 41.5 Å². The normalized spacial score (nSPS) is 14.7. The van der Waals surface area contributed by atoms with Crippen molar-refractivity contribution in [3.05, 3.63) is 29.8 Å². The van der Waals surface area contributed by atoms with E-state index in [0.29, 0.717) is 0 Å². The van der Waals surface area contributed by atoms with Gasteiger partial charge in [-0.1, -0.05) is 19.1 Å². The number of hydrogen-bond acceptors (Lipinski definition) is 3. The second kappa shape index (κ2) is 6.62. The van der Waals surface area contributed by atoms with Crippen LogP contribution in [0.3, 0.4) is 0 Å². The van der Waals surface area contributed by atoms with Gasteiger partial charge in [0.2, 0.25) is 0 Å². The summed E-state index contributed by atoms with van der Waals surface area (Å²) >= 11 is 0. The standard InChI is InChI=1S/C14H23NO2/c1-5-13(15-4)14(16)11-6-8-12(9-7-11)17-10(2)3/h6-10,13-16H,5H2,1-4H3. The summed E-state index contributed by atoms with van der Waals surface area (Å²) in [6, 6.07) is 7.74. The minimum atomic E-state index is -0.474. The van der Waals surface area contributed by atoms with E-state index in [1.807, 2.05) is 45.2 Å². The van der Waals surface area contributed by atoms with Crippen molar-refractivity contribution in [2.45, 2.75) is 45.4 Å². The van der Waals surface area contributed by atoms with Crippen LogP contribution in [0.25, 0.3) is 0 Å². The summed E-state index contributed by atoms with van der Waals surface area (Å²) in [5, 5.41) is 13.3. The molecule has 2 unspecified atom stereocenters. The number of ether oxygens (including phenoxy) is 1. The maximum Gasteiger partial charge on any atom is 0.119 e. The molecule has 1 rings (SSSR count). The third-order valence-corrected chi connectivity index (χ3v) is 2.79. The van der Waals surface area contributed by atoms with Crippen molar-refractivity contribution < 1.29 is 9.84 Å². The van der Waals surface area contributed by atoms with E-state index in [1.54, 1.807) is 0 Å². The molecule has 0 aromatic heterocycles. The predicted molar refractivity (Wildman–Crippen MR) is 70.3 cm³/mol. The number of aliphatic hydroxyl groups is 1. The molecule has 2 atom stereocenters. The molecule has 0 amide bonds. The molecule has 0 saturated heterocycles. The van der Waals surface area contributed by atoms with Gasteiger partial charge in [0.15, 0.2) is 0 Å². The van der Waals surface area contributed by atoms with Crippen molar-refractivity contribution >= 4 is 0 Å². The highest BCUT2D eigenvalue weighted by Gasteiger charge is 2.17. The summed E-state index contributed by atoms with van der Waals surface area (Å²) in [7, 11) is 1.87. The second-order valence-corrected chi connectivity index (χ2v) is 4.48. The van der Waals surface area contributed by atoms with Crippen molar-refractivity contribution in [1.29, 1.82) is 0 Å². The van der Waals surface area contributed by atoms with Crippen molar-refractivity contribution in [3.8, 4) is 5.75 Å². The minimum Gasteiger partial charge on any atom is -0.491 e. The lowest BCUT2D eigenvalue weighted by Crippen LogP contribution is -2.31. The van der Waals surface area contributed by atoms with E-state index in [9.17, 15) is 5.11 Å². The molecule has 0 aliphatic heterocycles. The Kier molecular flexibility index (Phi) is 5.45. The fraction of sp³-hybridized carbons (Fsp3) is 0.571. The lowest BCUT2D eigenvalue weighted by Gasteiger charge is -2.21. The van der Waals surface area contributed by atoms with Crippen molar-refractivity contribution in [3.63, 3.8) is 0 Å². The Hall–Kier alpha value is -1.06. The molecular formula is C14H23NO2. The molecule has 0 radical (unpaired) electrons. The molecule has 1 aromatic rings. The number of hydrogen-bond donors (Lipinski definition) is 2. The fourth-order valence-corrected chi connectivity index (χ4v) is 1.83. The zero-order chi connectivity index (χ0) is 12.8. The monoisotopic (exact) mass is 237 g/mol. The molecule has 0 bridgehead atoms. The van der Waals surface area contributed by atoms with Gasteiger partial charge in [-0.3, -0.25) is 0 Å². The molecule has 3 nitrogen and oxygen atoms in total.